The standard InChI is InChI=1S/C22H31NO/c1-17(2)24-16-20-8-6-18(7-9-20)14-23-15-19-10-12-21(13-11-19)22(3,4)5/h6-13,17,23H,14-16H2,1-5H3. The van der Waals surface area contributed by atoms with Gasteiger partial charge in [-0.05, 0) is 41.5 Å². The average molecular weight is 325 g/mol. The second kappa shape index (κ2) is 8.46. The second-order valence-electron chi connectivity index (χ2n) is 7.73. The molecule has 2 heteroatoms. The molecule has 0 atom stereocenters. The van der Waals surface area contributed by atoms with Gasteiger partial charge in [0.2, 0.25) is 0 Å². The third-order valence-electron chi connectivity index (χ3n) is 4.08. The maximum Gasteiger partial charge on any atom is 0.0720 e. The van der Waals surface area contributed by atoms with Gasteiger partial charge in [-0.25, -0.2) is 0 Å². The van der Waals surface area contributed by atoms with Crippen LogP contribution in [0.25, 0.3) is 0 Å². The van der Waals surface area contributed by atoms with Crippen molar-refractivity contribution in [2.75, 3.05) is 0 Å². The molecule has 0 fully saturated rings. The summed E-state index contributed by atoms with van der Waals surface area (Å²) in [6.07, 6.45) is 0.274. The number of benzene rings is 2. The van der Waals surface area contributed by atoms with Gasteiger partial charge >= 0.3 is 0 Å². The molecule has 0 bridgehead atoms. The van der Waals surface area contributed by atoms with Crippen LogP contribution in [0.1, 0.15) is 56.9 Å². The van der Waals surface area contributed by atoms with Crippen LogP contribution in [-0.2, 0) is 29.8 Å². The molecule has 0 saturated carbocycles. The minimum atomic E-state index is 0.215. The smallest absolute Gasteiger partial charge is 0.0720 e. The highest BCUT2D eigenvalue weighted by molar-refractivity contribution is 5.27. The van der Waals surface area contributed by atoms with Crippen molar-refractivity contribution in [2.45, 2.75) is 65.8 Å². The number of ether oxygens (including phenoxy) is 1. The summed E-state index contributed by atoms with van der Waals surface area (Å²) in [5.41, 5.74) is 5.45. The Kier molecular flexibility index (Phi) is 6.59. The molecule has 0 spiro atoms. The molecule has 2 aromatic rings. The molecular weight excluding hydrogens is 294 g/mol. The Hall–Kier alpha value is -1.64. The van der Waals surface area contributed by atoms with E-state index in [1.165, 1.54) is 22.3 Å². The van der Waals surface area contributed by atoms with Gasteiger partial charge in [0.1, 0.15) is 0 Å². The predicted molar refractivity (Wildman–Crippen MR) is 102 cm³/mol. The number of hydrogen-bond acceptors (Lipinski definition) is 2. The normalized spacial score (nSPS) is 11.9. The van der Waals surface area contributed by atoms with Crippen molar-refractivity contribution < 1.29 is 4.74 Å². The fourth-order valence-corrected chi connectivity index (χ4v) is 2.49. The fourth-order valence-electron chi connectivity index (χ4n) is 2.49. The summed E-state index contributed by atoms with van der Waals surface area (Å²) in [5.74, 6) is 0. The Bertz CT molecular complexity index is 606. The van der Waals surface area contributed by atoms with E-state index in [-0.39, 0.29) is 11.5 Å². The van der Waals surface area contributed by atoms with E-state index >= 15 is 0 Å². The molecule has 0 saturated heterocycles. The van der Waals surface area contributed by atoms with E-state index in [2.05, 4.69) is 88.5 Å². The largest absolute Gasteiger partial charge is 0.374 e. The lowest BCUT2D eigenvalue weighted by Crippen LogP contribution is -2.14. The zero-order valence-corrected chi connectivity index (χ0v) is 15.7. The molecule has 0 amide bonds. The first-order valence-corrected chi connectivity index (χ1v) is 8.84. The summed E-state index contributed by atoms with van der Waals surface area (Å²) in [6, 6.07) is 17.6. The van der Waals surface area contributed by atoms with Crippen LogP contribution in [0.5, 0.6) is 0 Å². The van der Waals surface area contributed by atoms with Gasteiger partial charge in [-0.1, -0.05) is 69.3 Å². The highest BCUT2D eigenvalue weighted by Crippen LogP contribution is 2.22. The number of nitrogens with one attached hydrogen (secondary N) is 1. The number of hydrogen-bond donors (Lipinski definition) is 1. The first-order chi connectivity index (χ1) is 11.3. The van der Waals surface area contributed by atoms with Crippen molar-refractivity contribution in [3.8, 4) is 0 Å². The highest BCUT2D eigenvalue weighted by atomic mass is 16.5. The molecule has 0 radical (unpaired) electrons. The Morgan fingerprint density at radius 2 is 1.25 bits per heavy atom. The second-order valence-corrected chi connectivity index (χ2v) is 7.73. The molecule has 0 aliphatic heterocycles. The Morgan fingerprint density at radius 1 is 0.792 bits per heavy atom. The topological polar surface area (TPSA) is 21.3 Å². The summed E-state index contributed by atoms with van der Waals surface area (Å²) in [5, 5.41) is 3.51. The SMILES string of the molecule is CC(C)OCc1ccc(CNCc2ccc(C(C)(C)C)cc2)cc1. The van der Waals surface area contributed by atoms with Crippen molar-refractivity contribution in [3.05, 3.63) is 70.8 Å². The lowest BCUT2D eigenvalue weighted by Gasteiger charge is -2.19. The molecule has 0 heterocycles. The third kappa shape index (κ3) is 6.10. The Balaban J connectivity index is 1.79. The van der Waals surface area contributed by atoms with Crippen LogP contribution >= 0.6 is 0 Å². The monoisotopic (exact) mass is 325 g/mol. The molecule has 0 aliphatic rings. The zero-order valence-electron chi connectivity index (χ0n) is 15.7. The average Bonchev–Trinajstić information content (AvgIpc) is 2.54. The van der Waals surface area contributed by atoms with Crippen molar-refractivity contribution in [3.63, 3.8) is 0 Å². The van der Waals surface area contributed by atoms with Gasteiger partial charge in [0, 0.05) is 13.1 Å². The van der Waals surface area contributed by atoms with Crippen LogP contribution in [0.4, 0.5) is 0 Å². The fraction of sp³-hybridized carbons (Fsp3) is 0.455. The molecule has 1 N–H and O–H groups in total. The van der Waals surface area contributed by atoms with Gasteiger partial charge in [-0.15, -0.1) is 0 Å². The first-order valence-electron chi connectivity index (χ1n) is 8.84. The van der Waals surface area contributed by atoms with Gasteiger partial charge in [-0.3, -0.25) is 0 Å². The van der Waals surface area contributed by atoms with Crippen molar-refractivity contribution in [2.24, 2.45) is 0 Å². The van der Waals surface area contributed by atoms with Crippen molar-refractivity contribution in [1.82, 2.24) is 5.32 Å². The minimum absolute atomic E-state index is 0.215. The van der Waals surface area contributed by atoms with E-state index in [1.807, 2.05) is 0 Å². The van der Waals surface area contributed by atoms with Crippen LogP contribution in [0.2, 0.25) is 0 Å². The molecular formula is C22H31NO. The summed E-state index contributed by atoms with van der Waals surface area (Å²) >= 11 is 0. The lowest BCUT2D eigenvalue weighted by molar-refractivity contribution is 0.0657. The molecule has 24 heavy (non-hydrogen) atoms. The van der Waals surface area contributed by atoms with E-state index in [9.17, 15) is 0 Å². The predicted octanol–water partition coefficient (Wildman–Crippen LogP) is 5.20. The molecule has 0 unspecified atom stereocenters. The number of rotatable bonds is 7. The third-order valence-corrected chi connectivity index (χ3v) is 4.08. The summed E-state index contributed by atoms with van der Waals surface area (Å²) in [7, 11) is 0. The van der Waals surface area contributed by atoms with Gasteiger partial charge in [0.15, 0.2) is 0 Å². The van der Waals surface area contributed by atoms with E-state index in [4.69, 9.17) is 4.74 Å². The van der Waals surface area contributed by atoms with Crippen LogP contribution in [0, 0.1) is 0 Å². The molecule has 2 nitrogen and oxygen atoms in total. The summed E-state index contributed by atoms with van der Waals surface area (Å²) in [6.45, 7) is 13.3. The van der Waals surface area contributed by atoms with Crippen LogP contribution in [-0.4, -0.2) is 6.10 Å². The van der Waals surface area contributed by atoms with Crippen LogP contribution in [0.3, 0.4) is 0 Å². The Morgan fingerprint density at radius 3 is 1.71 bits per heavy atom. The first kappa shape index (κ1) is 18.7. The maximum atomic E-state index is 5.62. The van der Waals surface area contributed by atoms with Gasteiger partial charge in [0.25, 0.3) is 0 Å². The van der Waals surface area contributed by atoms with Gasteiger partial charge in [0.05, 0.1) is 12.7 Å². The minimum Gasteiger partial charge on any atom is -0.374 e. The highest BCUT2D eigenvalue weighted by Gasteiger charge is 2.12. The van der Waals surface area contributed by atoms with E-state index < -0.39 is 0 Å². The van der Waals surface area contributed by atoms with Gasteiger partial charge in [-0.2, -0.15) is 0 Å². The Labute approximate surface area is 147 Å². The van der Waals surface area contributed by atoms with Crippen molar-refractivity contribution in [1.29, 1.82) is 0 Å². The zero-order chi connectivity index (χ0) is 17.6. The maximum absolute atomic E-state index is 5.62. The summed E-state index contributed by atoms with van der Waals surface area (Å²) in [4.78, 5) is 0. The van der Waals surface area contributed by atoms with Crippen molar-refractivity contribution >= 4 is 0 Å². The van der Waals surface area contributed by atoms with Crippen LogP contribution in [0.15, 0.2) is 48.5 Å². The van der Waals surface area contributed by atoms with E-state index in [0.29, 0.717) is 6.61 Å². The molecule has 0 aromatic heterocycles. The quantitative estimate of drug-likeness (QED) is 0.755. The summed E-state index contributed by atoms with van der Waals surface area (Å²) < 4.78 is 5.62. The lowest BCUT2D eigenvalue weighted by atomic mass is 9.87. The molecule has 0 aliphatic carbocycles. The molecule has 2 aromatic carbocycles. The molecule has 2 rings (SSSR count). The van der Waals surface area contributed by atoms with E-state index in [0.717, 1.165) is 13.1 Å². The van der Waals surface area contributed by atoms with Gasteiger partial charge < -0.3 is 10.1 Å². The van der Waals surface area contributed by atoms with Crippen LogP contribution < -0.4 is 5.32 Å². The van der Waals surface area contributed by atoms with E-state index in [1.54, 1.807) is 0 Å². The molecule has 130 valence electrons.